The second-order valence-electron chi connectivity index (χ2n) is 4.65. The first-order valence-electron chi connectivity index (χ1n) is 6.42. The van der Waals surface area contributed by atoms with Crippen LogP contribution < -0.4 is 4.74 Å². The Morgan fingerprint density at radius 1 is 1.19 bits per heavy atom. The molecule has 0 spiro atoms. The summed E-state index contributed by atoms with van der Waals surface area (Å²) in [6, 6.07) is 10.9. The van der Waals surface area contributed by atoms with Crippen molar-refractivity contribution < 1.29 is 14.6 Å². The van der Waals surface area contributed by atoms with Crippen LogP contribution in [0.1, 0.15) is 16.7 Å². The lowest BCUT2D eigenvalue weighted by Gasteiger charge is -2.12. The number of carboxylic acid groups (broad SMARTS) is 1. The number of ether oxygens (including phenoxy) is 1. The molecule has 0 amide bonds. The van der Waals surface area contributed by atoms with Gasteiger partial charge in [-0.3, -0.25) is 0 Å². The maximum absolute atomic E-state index is 10.7. The average molecular weight is 303 g/mol. The Morgan fingerprint density at radius 3 is 2.67 bits per heavy atom. The minimum atomic E-state index is -1.02. The Bertz CT molecular complexity index is 705. The molecule has 108 valence electrons. The molecular formula is C17H15ClO3. The highest BCUT2D eigenvalue weighted by Crippen LogP contribution is 2.31. The van der Waals surface area contributed by atoms with Crippen LogP contribution in [0.5, 0.6) is 11.5 Å². The van der Waals surface area contributed by atoms with E-state index in [1.54, 1.807) is 18.2 Å². The van der Waals surface area contributed by atoms with Crippen molar-refractivity contribution in [1.82, 2.24) is 0 Å². The fraction of sp³-hybridized carbons (Fsp3) is 0.118. The van der Waals surface area contributed by atoms with Crippen LogP contribution in [0.4, 0.5) is 0 Å². The van der Waals surface area contributed by atoms with E-state index in [9.17, 15) is 4.79 Å². The maximum Gasteiger partial charge on any atom is 0.328 e. The average Bonchev–Trinajstić information content (AvgIpc) is 2.43. The van der Waals surface area contributed by atoms with Crippen molar-refractivity contribution in [2.45, 2.75) is 13.8 Å². The maximum atomic E-state index is 10.7. The van der Waals surface area contributed by atoms with Gasteiger partial charge in [-0.05, 0) is 55.3 Å². The summed E-state index contributed by atoms with van der Waals surface area (Å²) in [7, 11) is 0. The van der Waals surface area contributed by atoms with Gasteiger partial charge in [-0.1, -0.05) is 23.7 Å². The van der Waals surface area contributed by atoms with E-state index in [1.165, 1.54) is 6.08 Å². The topological polar surface area (TPSA) is 46.5 Å². The Hall–Kier alpha value is -2.26. The Labute approximate surface area is 128 Å². The lowest BCUT2D eigenvalue weighted by atomic mass is 10.1. The molecule has 0 bridgehead atoms. The molecule has 0 heterocycles. The van der Waals surface area contributed by atoms with Crippen molar-refractivity contribution in [1.29, 1.82) is 0 Å². The zero-order valence-corrected chi connectivity index (χ0v) is 12.5. The van der Waals surface area contributed by atoms with Crippen molar-refractivity contribution in [2.24, 2.45) is 0 Å². The van der Waals surface area contributed by atoms with Gasteiger partial charge in [-0.25, -0.2) is 4.79 Å². The second kappa shape index (κ2) is 6.46. The number of hydrogen-bond acceptors (Lipinski definition) is 2. The molecule has 1 N–H and O–H groups in total. The molecule has 2 aromatic carbocycles. The van der Waals surface area contributed by atoms with Gasteiger partial charge < -0.3 is 9.84 Å². The number of aryl methyl sites for hydroxylation is 1. The standard InChI is InChI=1S/C17H15ClO3/c1-11-4-3-5-15(12(11)2)21-16-8-7-14(18)10-13(16)6-9-17(19)20/h3-10H,1-2H3,(H,19,20)/b9-6+. The van der Waals surface area contributed by atoms with E-state index in [0.29, 0.717) is 16.3 Å². The molecule has 0 saturated heterocycles. The number of benzene rings is 2. The van der Waals surface area contributed by atoms with Gasteiger partial charge in [0.15, 0.2) is 0 Å². The monoisotopic (exact) mass is 302 g/mol. The first-order chi connectivity index (χ1) is 9.97. The molecule has 4 heteroatoms. The van der Waals surface area contributed by atoms with Gasteiger partial charge in [0.05, 0.1) is 0 Å². The van der Waals surface area contributed by atoms with E-state index in [4.69, 9.17) is 21.4 Å². The van der Waals surface area contributed by atoms with Crippen LogP contribution in [-0.2, 0) is 4.79 Å². The van der Waals surface area contributed by atoms with E-state index in [0.717, 1.165) is 23.0 Å². The summed E-state index contributed by atoms with van der Waals surface area (Å²) >= 11 is 5.95. The molecule has 0 saturated carbocycles. The summed E-state index contributed by atoms with van der Waals surface area (Å²) < 4.78 is 5.91. The van der Waals surface area contributed by atoms with Crippen LogP contribution in [0.2, 0.25) is 5.02 Å². The molecule has 21 heavy (non-hydrogen) atoms. The molecule has 0 aromatic heterocycles. The van der Waals surface area contributed by atoms with Crippen LogP contribution >= 0.6 is 11.6 Å². The predicted molar refractivity (Wildman–Crippen MR) is 84.1 cm³/mol. The molecular weight excluding hydrogens is 288 g/mol. The van der Waals surface area contributed by atoms with Crippen molar-refractivity contribution in [3.05, 3.63) is 64.2 Å². The van der Waals surface area contributed by atoms with Crippen LogP contribution in [0.25, 0.3) is 6.08 Å². The van der Waals surface area contributed by atoms with Crippen molar-refractivity contribution in [3.63, 3.8) is 0 Å². The number of rotatable bonds is 4. The number of halogens is 1. The summed E-state index contributed by atoms with van der Waals surface area (Å²) in [5.74, 6) is 0.278. The molecule has 0 fully saturated rings. The van der Waals surface area contributed by atoms with Crippen LogP contribution in [0, 0.1) is 13.8 Å². The molecule has 2 aromatic rings. The van der Waals surface area contributed by atoms with E-state index < -0.39 is 5.97 Å². The van der Waals surface area contributed by atoms with Gasteiger partial charge >= 0.3 is 5.97 Å². The Morgan fingerprint density at radius 2 is 1.95 bits per heavy atom. The van der Waals surface area contributed by atoms with Gasteiger partial charge in [0, 0.05) is 16.7 Å². The molecule has 2 rings (SSSR count). The SMILES string of the molecule is Cc1cccc(Oc2ccc(Cl)cc2/C=C/C(=O)O)c1C. The van der Waals surface area contributed by atoms with E-state index >= 15 is 0 Å². The summed E-state index contributed by atoms with van der Waals surface area (Å²) in [4.78, 5) is 10.7. The van der Waals surface area contributed by atoms with Crippen LogP contribution in [0.3, 0.4) is 0 Å². The minimum absolute atomic E-state index is 0.522. The van der Waals surface area contributed by atoms with Gasteiger partial charge in [-0.15, -0.1) is 0 Å². The number of carbonyl (C=O) groups is 1. The van der Waals surface area contributed by atoms with Crippen molar-refractivity contribution in [2.75, 3.05) is 0 Å². The van der Waals surface area contributed by atoms with E-state index in [2.05, 4.69) is 0 Å². The van der Waals surface area contributed by atoms with Crippen molar-refractivity contribution in [3.8, 4) is 11.5 Å². The summed E-state index contributed by atoms with van der Waals surface area (Å²) in [5, 5.41) is 9.27. The number of aliphatic carboxylic acids is 1. The normalized spacial score (nSPS) is 10.8. The largest absolute Gasteiger partial charge is 0.478 e. The van der Waals surface area contributed by atoms with Crippen LogP contribution in [0.15, 0.2) is 42.5 Å². The second-order valence-corrected chi connectivity index (χ2v) is 5.09. The molecule has 0 aliphatic carbocycles. The highest BCUT2D eigenvalue weighted by molar-refractivity contribution is 6.30. The lowest BCUT2D eigenvalue weighted by Crippen LogP contribution is -1.93. The molecule has 3 nitrogen and oxygen atoms in total. The summed E-state index contributed by atoms with van der Waals surface area (Å²) in [6.45, 7) is 3.99. The fourth-order valence-corrected chi connectivity index (χ4v) is 2.04. The minimum Gasteiger partial charge on any atom is -0.478 e. The summed E-state index contributed by atoms with van der Waals surface area (Å²) in [5.41, 5.74) is 2.79. The molecule has 0 unspecified atom stereocenters. The lowest BCUT2D eigenvalue weighted by molar-refractivity contribution is -0.131. The first-order valence-corrected chi connectivity index (χ1v) is 6.80. The zero-order chi connectivity index (χ0) is 15.4. The Kier molecular flexibility index (Phi) is 4.66. The first kappa shape index (κ1) is 15.1. The highest BCUT2D eigenvalue weighted by Gasteiger charge is 2.07. The summed E-state index contributed by atoms with van der Waals surface area (Å²) in [6.07, 6.45) is 2.52. The van der Waals surface area contributed by atoms with E-state index in [-0.39, 0.29) is 0 Å². The van der Waals surface area contributed by atoms with Gasteiger partial charge in [0.2, 0.25) is 0 Å². The zero-order valence-electron chi connectivity index (χ0n) is 11.8. The van der Waals surface area contributed by atoms with Gasteiger partial charge in [0.25, 0.3) is 0 Å². The molecule has 0 aliphatic heterocycles. The third kappa shape index (κ3) is 3.86. The third-order valence-corrected chi connectivity index (χ3v) is 3.39. The molecule has 0 radical (unpaired) electrons. The van der Waals surface area contributed by atoms with Gasteiger partial charge in [0.1, 0.15) is 11.5 Å². The predicted octanol–water partition coefficient (Wildman–Crippen LogP) is 4.85. The number of hydrogen-bond donors (Lipinski definition) is 1. The van der Waals surface area contributed by atoms with Crippen molar-refractivity contribution >= 4 is 23.6 Å². The fourth-order valence-electron chi connectivity index (χ4n) is 1.86. The highest BCUT2D eigenvalue weighted by atomic mass is 35.5. The van der Waals surface area contributed by atoms with E-state index in [1.807, 2.05) is 32.0 Å². The Balaban J connectivity index is 2.39. The molecule has 0 atom stereocenters. The smallest absolute Gasteiger partial charge is 0.328 e. The third-order valence-electron chi connectivity index (χ3n) is 3.15. The van der Waals surface area contributed by atoms with Gasteiger partial charge in [-0.2, -0.15) is 0 Å². The number of carboxylic acids is 1. The van der Waals surface area contributed by atoms with Crippen LogP contribution in [-0.4, -0.2) is 11.1 Å². The quantitative estimate of drug-likeness (QED) is 0.821. The molecule has 0 aliphatic rings.